The van der Waals surface area contributed by atoms with E-state index in [0.29, 0.717) is 6.04 Å². The Morgan fingerprint density at radius 3 is 1.85 bits per heavy atom. The first-order valence-electron chi connectivity index (χ1n) is 10.0. The number of fused-ring (bicyclic) bond motifs is 3. The molecule has 0 aliphatic carbocycles. The van der Waals surface area contributed by atoms with E-state index in [4.69, 9.17) is 0 Å². The lowest BCUT2D eigenvalue weighted by molar-refractivity contribution is 0.444. The first-order chi connectivity index (χ1) is 12.7. The molecule has 0 saturated carbocycles. The number of benzene rings is 2. The van der Waals surface area contributed by atoms with Gasteiger partial charge in [0.1, 0.15) is 0 Å². The maximum absolute atomic E-state index is 3.67. The highest BCUT2D eigenvalue weighted by Gasteiger charge is 2.17. The maximum Gasteiger partial charge on any atom is 0.0505 e. The molecule has 0 N–H and O–H groups in total. The number of halogens is 2. The lowest BCUT2D eigenvalue weighted by Gasteiger charge is -2.20. The second-order valence-corrected chi connectivity index (χ2v) is 9.14. The van der Waals surface area contributed by atoms with Gasteiger partial charge in [-0.25, -0.2) is 0 Å². The van der Waals surface area contributed by atoms with Crippen molar-refractivity contribution in [3.8, 4) is 0 Å². The zero-order chi connectivity index (χ0) is 18.5. The predicted molar refractivity (Wildman–Crippen MR) is 122 cm³/mol. The van der Waals surface area contributed by atoms with E-state index in [2.05, 4.69) is 86.7 Å². The van der Waals surface area contributed by atoms with E-state index in [1.165, 1.54) is 73.2 Å². The number of unbranched alkanes of at least 4 members (excludes halogenated alkanes) is 5. The highest BCUT2D eigenvalue weighted by molar-refractivity contribution is 9.10. The summed E-state index contributed by atoms with van der Waals surface area (Å²) in [5.74, 6) is 0. The summed E-state index contributed by atoms with van der Waals surface area (Å²) in [5.41, 5.74) is 2.70. The van der Waals surface area contributed by atoms with Crippen LogP contribution in [-0.4, -0.2) is 4.57 Å². The molecule has 2 aromatic carbocycles. The third-order valence-corrected chi connectivity index (χ3v) is 6.44. The molecular weight excluding hydrogens is 450 g/mol. The molecule has 0 aliphatic heterocycles. The average Bonchev–Trinajstić information content (AvgIpc) is 2.94. The minimum atomic E-state index is 0.560. The van der Waals surface area contributed by atoms with Gasteiger partial charge in [0.2, 0.25) is 0 Å². The van der Waals surface area contributed by atoms with Gasteiger partial charge in [0.25, 0.3) is 0 Å². The van der Waals surface area contributed by atoms with Crippen LogP contribution in [0.1, 0.15) is 71.3 Å². The van der Waals surface area contributed by atoms with Crippen molar-refractivity contribution in [2.24, 2.45) is 0 Å². The van der Waals surface area contributed by atoms with E-state index in [1.807, 2.05) is 0 Å². The Morgan fingerprint density at radius 1 is 0.769 bits per heavy atom. The van der Waals surface area contributed by atoms with Crippen molar-refractivity contribution >= 4 is 53.7 Å². The fourth-order valence-electron chi connectivity index (χ4n) is 4.06. The number of hydrogen-bond acceptors (Lipinski definition) is 0. The standard InChI is InChI=1S/C23H29Br2N/c1-3-5-6-7-8-9-10-19(4-2)26-22-15-17(24)11-13-20(22)21-14-12-18(25)16-23(21)26/h11-16,19H,3-10H2,1-2H3. The predicted octanol–water partition coefficient (Wildman–Crippen LogP) is 9.02. The summed E-state index contributed by atoms with van der Waals surface area (Å²) in [4.78, 5) is 0. The van der Waals surface area contributed by atoms with Crippen LogP contribution in [0.2, 0.25) is 0 Å². The van der Waals surface area contributed by atoms with Gasteiger partial charge < -0.3 is 4.57 Å². The van der Waals surface area contributed by atoms with E-state index in [9.17, 15) is 0 Å². The minimum absolute atomic E-state index is 0.560. The molecule has 0 bridgehead atoms. The molecule has 3 aromatic rings. The van der Waals surface area contributed by atoms with Crippen LogP contribution in [0.4, 0.5) is 0 Å². The summed E-state index contributed by atoms with van der Waals surface area (Å²) < 4.78 is 4.90. The molecule has 1 aromatic heterocycles. The molecule has 0 saturated heterocycles. The molecule has 26 heavy (non-hydrogen) atoms. The molecule has 1 unspecified atom stereocenters. The third-order valence-electron chi connectivity index (χ3n) is 5.46. The quantitative estimate of drug-likeness (QED) is 0.270. The van der Waals surface area contributed by atoms with Crippen LogP contribution >= 0.6 is 31.9 Å². The van der Waals surface area contributed by atoms with Crippen LogP contribution in [0.3, 0.4) is 0 Å². The second kappa shape index (κ2) is 9.41. The van der Waals surface area contributed by atoms with Gasteiger partial charge in [-0.1, -0.05) is 96.4 Å². The second-order valence-electron chi connectivity index (χ2n) is 7.31. The smallest absolute Gasteiger partial charge is 0.0505 e. The van der Waals surface area contributed by atoms with Gasteiger partial charge >= 0.3 is 0 Å². The topological polar surface area (TPSA) is 4.93 Å². The maximum atomic E-state index is 3.67. The van der Waals surface area contributed by atoms with Crippen molar-refractivity contribution < 1.29 is 0 Å². The molecule has 3 rings (SSSR count). The van der Waals surface area contributed by atoms with Crippen LogP contribution in [0.25, 0.3) is 21.8 Å². The van der Waals surface area contributed by atoms with Gasteiger partial charge in [-0.2, -0.15) is 0 Å². The first-order valence-corrected chi connectivity index (χ1v) is 11.6. The van der Waals surface area contributed by atoms with Crippen molar-refractivity contribution in [3.63, 3.8) is 0 Å². The zero-order valence-electron chi connectivity index (χ0n) is 15.9. The van der Waals surface area contributed by atoms with Gasteiger partial charge in [0, 0.05) is 25.8 Å². The fraction of sp³-hybridized carbons (Fsp3) is 0.478. The van der Waals surface area contributed by atoms with Gasteiger partial charge in [-0.3, -0.25) is 0 Å². The molecule has 0 aliphatic rings. The average molecular weight is 479 g/mol. The number of hydrogen-bond donors (Lipinski definition) is 0. The highest BCUT2D eigenvalue weighted by atomic mass is 79.9. The molecule has 0 amide bonds. The first kappa shape index (κ1) is 19.9. The van der Waals surface area contributed by atoms with E-state index in [0.717, 1.165) is 8.95 Å². The molecular formula is C23H29Br2N. The number of nitrogens with zero attached hydrogens (tertiary/aromatic N) is 1. The summed E-state index contributed by atoms with van der Waals surface area (Å²) in [6.45, 7) is 4.61. The van der Waals surface area contributed by atoms with Gasteiger partial charge in [0.15, 0.2) is 0 Å². The lowest BCUT2D eigenvalue weighted by atomic mass is 10.0. The molecule has 0 spiro atoms. The highest BCUT2D eigenvalue weighted by Crippen LogP contribution is 2.37. The summed E-state index contributed by atoms with van der Waals surface area (Å²) in [5, 5.41) is 2.72. The van der Waals surface area contributed by atoms with E-state index in [1.54, 1.807) is 0 Å². The van der Waals surface area contributed by atoms with Gasteiger partial charge in [-0.15, -0.1) is 0 Å². The summed E-state index contributed by atoms with van der Waals surface area (Å²) in [7, 11) is 0. The van der Waals surface area contributed by atoms with Crippen LogP contribution in [0.5, 0.6) is 0 Å². The Bertz CT molecular complexity index is 806. The van der Waals surface area contributed by atoms with Crippen molar-refractivity contribution in [1.29, 1.82) is 0 Å². The van der Waals surface area contributed by atoms with Crippen LogP contribution in [0.15, 0.2) is 45.3 Å². The molecule has 3 heteroatoms. The zero-order valence-corrected chi connectivity index (χ0v) is 19.1. The monoisotopic (exact) mass is 477 g/mol. The Morgan fingerprint density at radius 2 is 1.31 bits per heavy atom. The molecule has 1 heterocycles. The molecule has 140 valence electrons. The Labute approximate surface area is 174 Å². The van der Waals surface area contributed by atoms with Crippen molar-refractivity contribution in [2.75, 3.05) is 0 Å². The Balaban J connectivity index is 1.92. The van der Waals surface area contributed by atoms with E-state index < -0.39 is 0 Å². The lowest BCUT2D eigenvalue weighted by Crippen LogP contribution is -2.08. The molecule has 0 radical (unpaired) electrons. The summed E-state index contributed by atoms with van der Waals surface area (Å²) in [6.07, 6.45) is 10.6. The van der Waals surface area contributed by atoms with Crippen LogP contribution in [-0.2, 0) is 0 Å². The number of aromatic nitrogens is 1. The van der Waals surface area contributed by atoms with Crippen molar-refractivity contribution in [1.82, 2.24) is 4.57 Å². The van der Waals surface area contributed by atoms with Crippen molar-refractivity contribution in [2.45, 2.75) is 71.3 Å². The summed E-state index contributed by atoms with van der Waals surface area (Å²) in [6, 6.07) is 13.9. The van der Waals surface area contributed by atoms with Crippen LogP contribution in [0, 0.1) is 0 Å². The fourth-order valence-corrected chi connectivity index (χ4v) is 4.76. The normalized spacial score (nSPS) is 12.9. The third kappa shape index (κ3) is 4.36. The SMILES string of the molecule is CCCCCCCCC(CC)n1c2cc(Br)ccc2c2ccc(Br)cc21. The van der Waals surface area contributed by atoms with Crippen molar-refractivity contribution in [3.05, 3.63) is 45.3 Å². The molecule has 0 fully saturated rings. The minimum Gasteiger partial charge on any atom is -0.337 e. The van der Waals surface area contributed by atoms with Crippen LogP contribution < -0.4 is 0 Å². The molecule has 1 atom stereocenters. The number of rotatable bonds is 9. The Hall–Kier alpha value is -0.800. The van der Waals surface area contributed by atoms with E-state index >= 15 is 0 Å². The largest absolute Gasteiger partial charge is 0.337 e. The molecule has 1 nitrogen and oxygen atoms in total. The Kier molecular flexibility index (Phi) is 7.22. The van der Waals surface area contributed by atoms with Gasteiger partial charge in [-0.05, 0) is 37.1 Å². The summed E-state index contributed by atoms with van der Waals surface area (Å²) >= 11 is 7.35. The van der Waals surface area contributed by atoms with E-state index in [-0.39, 0.29) is 0 Å². The van der Waals surface area contributed by atoms with Gasteiger partial charge in [0.05, 0.1) is 11.0 Å².